The van der Waals surface area contributed by atoms with Crippen molar-refractivity contribution in [2.75, 3.05) is 0 Å². The largest absolute Gasteiger partial charge is 0.362 e. The molecule has 0 bridgehead atoms. The zero-order chi connectivity index (χ0) is 13.8. The zero-order valence-corrected chi connectivity index (χ0v) is 13.2. The highest BCUT2D eigenvalue weighted by Crippen LogP contribution is 2.37. The predicted octanol–water partition coefficient (Wildman–Crippen LogP) is 5.36. The van der Waals surface area contributed by atoms with E-state index in [-0.39, 0.29) is 0 Å². The van der Waals surface area contributed by atoms with Crippen LogP contribution < -0.4 is 0 Å². The second-order valence-electron chi connectivity index (χ2n) is 6.16. The molecule has 0 saturated heterocycles. The maximum Gasteiger partial charge on any atom is 0.0795 e. The molecular formula is C18H25NS. The minimum Gasteiger partial charge on any atom is -0.362 e. The molecule has 0 spiro atoms. The van der Waals surface area contributed by atoms with E-state index in [1.807, 2.05) is 11.8 Å². The number of nitrogens with zero attached hydrogens (tertiary/aromatic N) is 1. The number of hydrogen-bond donors (Lipinski definition) is 0. The van der Waals surface area contributed by atoms with Crippen LogP contribution in [0.15, 0.2) is 41.9 Å². The van der Waals surface area contributed by atoms with Crippen molar-refractivity contribution in [2.45, 2.75) is 62.8 Å². The van der Waals surface area contributed by atoms with Crippen molar-refractivity contribution in [1.29, 1.82) is 0 Å². The van der Waals surface area contributed by atoms with Crippen molar-refractivity contribution in [3.05, 3.63) is 47.5 Å². The molecule has 20 heavy (non-hydrogen) atoms. The normalized spacial score (nSPS) is 25.1. The van der Waals surface area contributed by atoms with Crippen molar-refractivity contribution >= 4 is 11.8 Å². The Morgan fingerprint density at radius 2 is 1.90 bits per heavy atom. The monoisotopic (exact) mass is 287 g/mol. The second-order valence-corrected chi connectivity index (χ2v) is 7.25. The molecule has 0 radical (unpaired) electrons. The first kappa shape index (κ1) is 14.1. The first-order valence-electron chi connectivity index (χ1n) is 7.99. The van der Waals surface area contributed by atoms with Gasteiger partial charge in [0.15, 0.2) is 0 Å². The van der Waals surface area contributed by atoms with Crippen LogP contribution in [-0.2, 0) is 0 Å². The van der Waals surface area contributed by atoms with Crippen molar-refractivity contribution in [1.82, 2.24) is 4.90 Å². The summed E-state index contributed by atoms with van der Waals surface area (Å²) < 4.78 is 0. The van der Waals surface area contributed by atoms with Gasteiger partial charge in [0.25, 0.3) is 0 Å². The fourth-order valence-corrected chi connectivity index (χ4v) is 4.67. The first-order chi connectivity index (χ1) is 9.84. The van der Waals surface area contributed by atoms with E-state index in [0.29, 0.717) is 11.3 Å². The molecule has 1 aliphatic heterocycles. The Morgan fingerprint density at radius 1 is 1.15 bits per heavy atom. The van der Waals surface area contributed by atoms with Gasteiger partial charge in [-0.25, -0.2) is 0 Å². The molecule has 1 saturated carbocycles. The lowest BCUT2D eigenvalue weighted by Gasteiger charge is -2.36. The summed E-state index contributed by atoms with van der Waals surface area (Å²) in [5.74, 6) is 0.639. The van der Waals surface area contributed by atoms with Gasteiger partial charge in [-0.05, 0) is 36.2 Å². The number of thioether (sulfide) groups is 1. The minimum absolute atomic E-state index is 0.639. The van der Waals surface area contributed by atoms with Gasteiger partial charge in [0, 0.05) is 12.2 Å². The number of hydrogen-bond acceptors (Lipinski definition) is 2. The van der Waals surface area contributed by atoms with Crippen LogP contribution in [0.4, 0.5) is 0 Å². The Kier molecular flexibility index (Phi) is 4.72. The van der Waals surface area contributed by atoms with Crippen LogP contribution in [0.25, 0.3) is 0 Å². The lowest BCUT2D eigenvalue weighted by atomic mass is 9.93. The molecule has 2 heteroatoms. The van der Waals surface area contributed by atoms with Gasteiger partial charge in [0.05, 0.1) is 5.37 Å². The van der Waals surface area contributed by atoms with E-state index < -0.39 is 0 Å². The molecule has 0 N–H and O–H groups in total. The maximum absolute atomic E-state index is 2.66. The molecule has 2 aliphatic rings. The molecule has 1 fully saturated rings. The van der Waals surface area contributed by atoms with E-state index in [4.69, 9.17) is 0 Å². The molecule has 1 aromatic rings. The smallest absolute Gasteiger partial charge is 0.0795 e. The Balaban J connectivity index is 1.61. The van der Waals surface area contributed by atoms with Gasteiger partial charge in [-0.1, -0.05) is 56.5 Å². The maximum atomic E-state index is 2.66. The van der Waals surface area contributed by atoms with Crippen LogP contribution in [0.5, 0.6) is 0 Å². The van der Waals surface area contributed by atoms with Gasteiger partial charge in [0.1, 0.15) is 0 Å². The molecule has 2 atom stereocenters. The zero-order valence-electron chi connectivity index (χ0n) is 12.4. The fraction of sp³-hybridized carbons (Fsp3) is 0.556. The van der Waals surface area contributed by atoms with E-state index >= 15 is 0 Å². The first-order valence-corrected chi connectivity index (χ1v) is 8.93. The van der Waals surface area contributed by atoms with E-state index in [9.17, 15) is 0 Å². The summed E-state index contributed by atoms with van der Waals surface area (Å²) in [4.78, 5) is 2.66. The van der Waals surface area contributed by atoms with Crippen LogP contribution in [-0.4, -0.2) is 16.3 Å². The van der Waals surface area contributed by atoms with Crippen molar-refractivity contribution in [3.8, 4) is 0 Å². The highest BCUT2D eigenvalue weighted by atomic mass is 32.2. The van der Waals surface area contributed by atoms with Crippen molar-refractivity contribution in [3.63, 3.8) is 0 Å². The summed E-state index contributed by atoms with van der Waals surface area (Å²) in [6, 6.07) is 11.8. The van der Waals surface area contributed by atoms with Crippen LogP contribution in [0, 0.1) is 0 Å². The van der Waals surface area contributed by atoms with Gasteiger partial charge in [0.2, 0.25) is 0 Å². The Hall–Kier alpha value is -0.890. The van der Waals surface area contributed by atoms with Gasteiger partial charge >= 0.3 is 0 Å². The molecule has 3 rings (SSSR count). The Bertz CT molecular complexity index is 436. The van der Waals surface area contributed by atoms with Gasteiger partial charge < -0.3 is 4.90 Å². The average Bonchev–Trinajstić information content (AvgIpc) is 2.97. The predicted molar refractivity (Wildman–Crippen MR) is 88.7 cm³/mol. The van der Waals surface area contributed by atoms with Gasteiger partial charge in [-0.3, -0.25) is 0 Å². The second kappa shape index (κ2) is 6.71. The summed E-state index contributed by atoms with van der Waals surface area (Å²) >= 11 is 2.01. The lowest BCUT2D eigenvalue weighted by molar-refractivity contribution is 0.200. The highest BCUT2D eigenvalue weighted by Gasteiger charge is 2.29. The molecule has 1 heterocycles. The van der Waals surface area contributed by atoms with Gasteiger partial charge in [-0.2, -0.15) is 0 Å². The molecule has 2 unspecified atom stereocenters. The molecule has 1 nitrogen and oxygen atoms in total. The molecular weight excluding hydrogens is 262 g/mol. The Labute approximate surface area is 127 Å². The average molecular weight is 287 g/mol. The topological polar surface area (TPSA) is 3.24 Å². The Morgan fingerprint density at radius 3 is 2.65 bits per heavy atom. The molecule has 1 aromatic carbocycles. The van der Waals surface area contributed by atoms with Crippen molar-refractivity contribution < 1.29 is 0 Å². The molecule has 108 valence electrons. The molecule has 0 aromatic heterocycles. The highest BCUT2D eigenvalue weighted by molar-refractivity contribution is 8.02. The molecule has 1 aliphatic carbocycles. The van der Waals surface area contributed by atoms with Crippen LogP contribution in [0.2, 0.25) is 0 Å². The third kappa shape index (κ3) is 3.22. The van der Waals surface area contributed by atoms with E-state index in [0.717, 1.165) is 6.04 Å². The van der Waals surface area contributed by atoms with Crippen LogP contribution in [0.3, 0.4) is 0 Å². The van der Waals surface area contributed by atoms with E-state index in [1.54, 1.807) is 0 Å². The summed E-state index contributed by atoms with van der Waals surface area (Å²) in [6.45, 7) is 2.37. The summed E-state index contributed by atoms with van der Waals surface area (Å²) in [7, 11) is 0. The van der Waals surface area contributed by atoms with E-state index in [2.05, 4.69) is 53.8 Å². The lowest BCUT2D eigenvalue weighted by Crippen LogP contribution is -2.37. The van der Waals surface area contributed by atoms with Gasteiger partial charge in [-0.15, -0.1) is 11.8 Å². The van der Waals surface area contributed by atoms with E-state index in [1.165, 1.54) is 44.1 Å². The third-order valence-electron chi connectivity index (χ3n) is 4.72. The van der Waals surface area contributed by atoms with Crippen LogP contribution >= 0.6 is 11.8 Å². The summed E-state index contributed by atoms with van der Waals surface area (Å²) in [5, 5.41) is 2.95. The summed E-state index contributed by atoms with van der Waals surface area (Å²) in [6.07, 6.45) is 10.6. The quantitative estimate of drug-likeness (QED) is 0.733. The molecule has 0 amide bonds. The number of rotatable bonds is 4. The van der Waals surface area contributed by atoms with Crippen molar-refractivity contribution in [2.24, 2.45) is 0 Å². The fourth-order valence-electron chi connectivity index (χ4n) is 3.50. The third-order valence-corrected chi connectivity index (χ3v) is 5.75. The standard InChI is InChI=1S/C18H25NS/c1-15(16-8-4-2-5-9-16)14-18-19(12-13-20-18)17-10-6-3-7-11-17/h2,4-5,8-9,12-13,15,17-18H,3,6-7,10-11,14H2,1H3. The van der Waals surface area contributed by atoms with Crippen LogP contribution in [0.1, 0.15) is 56.9 Å². The summed E-state index contributed by atoms with van der Waals surface area (Å²) in [5.41, 5.74) is 1.48. The SMILES string of the molecule is CC(CC1SC=CN1C1CCCCC1)c1ccccc1. The number of benzene rings is 1. The minimum atomic E-state index is 0.639.